The van der Waals surface area contributed by atoms with Crippen LogP contribution in [0, 0.1) is 0 Å². The van der Waals surface area contributed by atoms with Gasteiger partial charge < -0.3 is 4.74 Å². The van der Waals surface area contributed by atoms with E-state index in [0.29, 0.717) is 6.42 Å². The fourth-order valence-corrected chi connectivity index (χ4v) is 2.85. The van der Waals surface area contributed by atoms with Gasteiger partial charge in [-0.05, 0) is 12.0 Å². The molecule has 0 aromatic heterocycles. The van der Waals surface area contributed by atoms with E-state index in [1.807, 2.05) is 60.7 Å². The number of hydrogen-bond donors (Lipinski definition) is 0. The molecule has 2 aromatic carbocycles. The Morgan fingerprint density at radius 3 is 2.20 bits per heavy atom. The summed E-state index contributed by atoms with van der Waals surface area (Å²) in [5.74, 6) is -0.397. The molecular formula is C19H18N4O2. The first kappa shape index (κ1) is 16.7. The molecule has 25 heavy (non-hydrogen) atoms. The van der Waals surface area contributed by atoms with E-state index in [4.69, 9.17) is 15.3 Å². The lowest BCUT2D eigenvalue weighted by Gasteiger charge is -2.10. The molecule has 1 fully saturated rings. The molecule has 6 nitrogen and oxygen atoms in total. The zero-order chi connectivity index (χ0) is 17.7. The number of benzene rings is 2. The van der Waals surface area contributed by atoms with E-state index in [2.05, 4.69) is 10.0 Å². The summed E-state index contributed by atoms with van der Waals surface area (Å²) in [4.78, 5) is 19.4. The van der Waals surface area contributed by atoms with E-state index in [0.717, 1.165) is 16.8 Å². The number of carbonyl (C=O) groups is 1. The lowest BCUT2D eigenvalue weighted by molar-refractivity contribution is -0.141. The summed E-state index contributed by atoms with van der Waals surface area (Å²) >= 11 is 0. The molecule has 0 saturated heterocycles. The number of esters is 1. The lowest BCUT2D eigenvalue weighted by Crippen LogP contribution is -2.18. The van der Waals surface area contributed by atoms with Gasteiger partial charge >= 0.3 is 5.97 Å². The maximum atomic E-state index is 11.7. The second-order valence-corrected chi connectivity index (χ2v) is 5.98. The Morgan fingerprint density at radius 2 is 1.72 bits per heavy atom. The summed E-state index contributed by atoms with van der Waals surface area (Å²) in [5, 5.41) is 3.85. The summed E-state index contributed by atoms with van der Waals surface area (Å²) in [6.07, 6.45) is 0.577. The van der Waals surface area contributed by atoms with Gasteiger partial charge in [-0.2, -0.15) is 0 Å². The van der Waals surface area contributed by atoms with Crippen LogP contribution in [0.2, 0.25) is 0 Å². The van der Waals surface area contributed by atoms with E-state index in [-0.39, 0.29) is 12.5 Å². The standard InChI is InChI=1S/C19H18N4O2/c1-25-17(24)13-19(22-23-20)12-16(19)21-18(14-8-4-2-5-9-14)15-10-6-3-7-11-15/h2-11,16H,12-13H2,1H3. The van der Waals surface area contributed by atoms with E-state index in [9.17, 15) is 4.79 Å². The zero-order valence-electron chi connectivity index (χ0n) is 13.9. The lowest BCUT2D eigenvalue weighted by atomic mass is 10.0. The second-order valence-electron chi connectivity index (χ2n) is 5.98. The van der Waals surface area contributed by atoms with Gasteiger partial charge in [0, 0.05) is 16.0 Å². The Kier molecular flexibility index (Phi) is 4.82. The summed E-state index contributed by atoms with van der Waals surface area (Å²) in [5.41, 5.74) is 10.8. The molecule has 3 rings (SSSR count). The molecule has 0 radical (unpaired) electrons. The monoisotopic (exact) mass is 334 g/mol. The van der Waals surface area contributed by atoms with Gasteiger partial charge in [0.05, 0.1) is 30.8 Å². The van der Waals surface area contributed by atoms with Crippen molar-refractivity contribution in [2.75, 3.05) is 7.11 Å². The van der Waals surface area contributed by atoms with Gasteiger partial charge in [0.2, 0.25) is 0 Å². The predicted octanol–water partition coefficient (Wildman–Crippen LogP) is 3.91. The largest absolute Gasteiger partial charge is 0.469 e. The number of carbonyl (C=O) groups excluding carboxylic acids is 1. The molecule has 0 aliphatic heterocycles. The van der Waals surface area contributed by atoms with Crippen LogP contribution in [0.15, 0.2) is 70.8 Å². The van der Waals surface area contributed by atoms with Crippen LogP contribution in [0.4, 0.5) is 0 Å². The van der Waals surface area contributed by atoms with E-state index >= 15 is 0 Å². The minimum Gasteiger partial charge on any atom is -0.469 e. The fraction of sp³-hybridized carbons (Fsp3) is 0.263. The van der Waals surface area contributed by atoms with Gasteiger partial charge in [0.1, 0.15) is 0 Å². The first-order chi connectivity index (χ1) is 12.2. The van der Waals surface area contributed by atoms with Crippen molar-refractivity contribution in [1.82, 2.24) is 0 Å². The van der Waals surface area contributed by atoms with Crippen LogP contribution in [-0.4, -0.2) is 30.4 Å². The van der Waals surface area contributed by atoms with Crippen molar-refractivity contribution in [3.8, 4) is 0 Å². The fourth-order valence-electron chi connectivity index (χ4n) is 2.85. The highest BCUT2D eigenvalue weighted by Crippen LogP contribution is 2.47. The Labute approximate surface area is 145 Å². The van der Waals surface area contributed by atoms with Gasteiger partial charge in [-0.1, -0.05) is 65.8 Å². The Balaban J connectivity index is 1.97. The number of hydrogen-bond acceptors (Lipinski definition) is 4. The van der Waals surface area contributed by atoms with E-state index in [1.54, 1.807) is 0 Å². The SMILES string of the molecule is COC(=O)CC1(N=[N+]=[N-])CC1N=C(c1ccccc1)c1ccccc1. The van der Waals surface area contributed by atoms with Crippen molar-refractivity contribution < 1.29 is 9.53 Å². The molecule has 2 unspecified atom stereocenters. The van der Waals surface area contributed by atoms with Crippen LogP contribution in [0.3, 0.4) is 0 Å². The van der Waals surface area contributed by atoms with E-state index < -0.39 is 11.5 Å². The average Bonchev–Trinajstić information content (AvgIpc) is 3.32. The van der Waals surface area contributed by atoms with Gasteiger partial charge in [-0.25, -0.2) is 0 Å². The van der Waals surface area contributed by atoms with Gasteiger partial charge in [0.15, 0.2) is 0 Å². The third kappa shape index (κ3) is 3.70. The third-order valence-electron chi connectivity index (χ3n) is 4.31. The highest BCUT2D eigenvalue weighted by Gasteiger charge is 2.56. The highest BCUT2D eigenvalue weighted by molar-refractivity contribution is 6.13. The Hall–Kier alpha value is -3.11. The second kappa shape index (κ2) is 7.20. The third-order valence-corrected chi connectivity index (χ3v) is 4.31. The molecule has 0 N–H and O–H groups in total. The normalized spacial score (nSPS) is 20.9. The minimum atomic E-state index is -0.823. The highest BCUT2D eigenvalue weighted by atomic mass is 16.5. The summed E-state index contributed by atoms with van der Waals surface area (Å²) in [7, 11) is 1.33. The number of nitrogens with zero attached hydrogens (tertiary/aromatic N) is 4. The maximum Gasteiger partial charge on any atom is 0.306 e. The minimum absolute atomic E-state index is 0.0403. The molecular weight excluding hydrogens is 316 g/mol. The van der Waals surface area contributed by atoms with Crippen molar-refractivity contribution in [3.05, 3.63) is 82.2 Å². The summed E-state index contributed by atoms with van der Waals surface area (Å²) < 4.78 is 4.72. The van der Waals surface area contributed by atoms with E-state index in [1.165, 1.54) is 7.11 Å². The molecule has 6 heteroatoms. The Bertz CT molecular complexity index is 788. The number of azide groups is 1. The first-order valence-electron chi connectivity index (χ1n) is 8.00. The van der Waals surface area contributed by atoms with Crippen molar-refractivity contribution in [2.45, 2.75) is 24.4 Å². The zero-order valence-corrected chi connectivity index (χ0v) is 13.9. The Morgan fingerprint density at radius 1 is 1.16 bits per heavy atom. The maximum absolute atomic E-state index is 11.7. The topological polar surface area (TPSA) is 87.4 Å². The molecule has 1 aliphatic carbocycles. The summed E-state index contributed by atoms with van der Waals surface area (Å²) in [6, 6.07) is 19.4. The van der Waals surface area contributed by atoms with Gasteiger partial charge in [-0.3, -0.25) is 9.79 Å². The van der Waals surface area contributed by atoms with Crippen LogP contribution >= 0.6 is 0 Å². The van der Waals surface area contributed by atoms with Crippen LogP contribution in [0.5, 0.6) is 0 Å². The average molecular weight is 334 g/mol. The molecule has 0 amide bonds. The molecule has 0 spiro atoms. The molecule has 2 atom stereocenters. The van der Waals surface area contributed by atoms with Crippen molar-refractivity contribution in [1.29, 1.82) is 0 Å². The van der Waals surface area contributed by atoms with Crippen molar-refractivity contribution in [2.24, 2.45) is 10.1 Å². The van der Waals surface area contributed by atoms with Crippen molar-refractivity contribution in [3.63, 3.8) is 0 Å². The predicted molar refractivity (Wildman–Crippen MR) is 95.4 cm³/mol. The van der Waals surface area contributed by atoms with Crippen LogP contribution in [-0.2, 0) is 9.53 Å². The molecule has 0 bridgehead atoms. The molecule has 0 heterocycles. The molecule has 2 aromatic rings. The van der Waals surface area contributed by atoms with Crippen LogP contribution in [0.25, 0.3) is 10.4 Å². The van der Waals surface area contributed by atoms with Crippen molar-refractivity contribution >= 4 is 11.7 Å². The number of aliphatic imine (C=N–C) groups is 1. The number of rotatable bonds is 6. The quantitative estimate of drug-likeness (QED) is 0.264. The van der Waals surface area contributed by atoms with Crippen LogP contribution in [0.1, 0.15) is 24.0 Å². The molecule has 1 aliphatic rings. The van der Waals surface area contributed by atoms with Gasteiger partial charge in [-0.15, -0.1) is 0 Å². The molecule has 126 valence electrons. The number of ether oxygens (including phenoxy) is 1. The first-order valence-corrected chi connectivity index (χ1v) is 8.00. The van der Waals surface area contributed by atoms with Crippen LogP contribution < -0.4 is 0 Å². The smallest absolute Gasteiger partial charge is 0.306 e. The molecule has 1 saturated carbocycles. The number of methoxy groups -OCH3 is 1. The van der Waals surface area contributed by atoms with Gasteiger partial charge in [0.25, 0.3) is 0 Å². The summed E-state index contributed by atoms with van der Waals surface area (Å²) in [6.45, 7) is 0.